The van der Waals surface area contributed by atoms with Crippen molar-refractivity contribution in [3.8, 4) is 0 Å². The van der Waals surface area contributed by atoms with Gasteiger partial charge >= 0.3 is 5.97 Å². The predicted molar refractivity (Wildman–Crippen MR) is 82.0 cm³/mol. The number of aromatic nitrogens is 4. The largest absolute Gasteiger partial charge is 0.466 e. The highest BCUT2D eigenvalue weighted by atomic mass is 35.5. The van der Waals surface area contributed by atoms with Crippen LogP contribution in [-0.2, 0) is 9.53 Å². The number of rotatable bonds is 4. The van der Waals surface area contributed by atoms with E-state index in [1.165, 1.54) is 4.52 Å². The summed E-state index contributed by atoms with van der Waals surface area (Å²) in [5, 5.41) is 12.4. The summed E-state index contributed by atoms with van der Waals surface area (Å²) in [5.41, 5.74) is 0.631. The molecule has 0 radical (unpaired) electrons. The summed E-state index contributed by atoms with van der Waals surface area (Å²) in [6.45, 7) is 4.00. The molecule has 2 aromatic heterocycles. The van der Waals surface area contributed by atoms with Gasteiger partial charge in [-0.2, -0.15) is 4.52 Å². The predicted octanol–water partition coefficient (Wildman–Crippen LogP) is 1.95. The number of hydrogen-bond acceptors (Lipinski definition) is 6. The standard InChI is InChI=1S/C14H18ClN5O2/c1-2-22-13(21)9-10-5-7-19(8-6-10)12-4-3-11-16-17-14(15)20(11)18-12/h3-4,10H,2,5-9H2,1H3. The van der Waals surface area contributed by atoms with E-state index >= 15 is 0 Å². The van der Waals surface area contributed by atoms with Crippen LogP contribution in [0.25, 0.3) is 5.65 Å². The summed E-state index contributed by atoms with van der Waals surface area (Å²) in [6.07, 6.45) is 2.41. The fraction of sp³-hybridized carbons (Fsp3) is 0.571. The van der Waals surface area contributed by atoms with Crippen LogP contribution < -0.4 is 4.90 Å². The van der Waals surface area contributed by atoms with Crippen LogP contribution in [0, 0.1) is 5.92 Å². The Kier molecular flexibility index (Phi) is 4.42. The van der Waals surface area contributed by atoms with E-state index in [4.69, 9.17) is 16.3 Å². The third kappa shape index (κ3) is 3.14. The molecule has 1 aliphatic rings. The van der Waals surface area contributed by atoms with Gasteiger partial charge in [-0.3, -0.25) is 4.79 Å². The van der Waals surface area contributed by atoms with E-state index in [0.717, 1.165) is 31.7 Å². The van der Waals surface area contributed by atoms with Crippen LogP contribution in [0.3, 0.4) is 0 Å². The number of piperidine rings is 1. The van der Waals surface area contributed by atoms with Crippen molar-refractivity contribution in [2.24, 2.45) is 5.92 Å². The topological polar surface area (TPSA) is 72.6 Å². The minimum absolute atomic E-state index is 0.100. The van der Waals surface area contributed by atoms with Crippen molar-refractivity contribution in [3.05, 3.63) is 17.4 Å². The lowest BCUT2D eigenvalue weighted by atomic mass is 9.93. The first-order valence-corrected chi connectivity index (χ1v) is 7.83. The maximum absolute atomic E-state index is 11.5. The lowest BCUT2D eigenvalue weighted by Gasteiger charge is -2.32. The SMILES string of the molecule is CCOC(=O)CC1CCN(c2ccc3nnc(Cl)n3n2)CC1. The van der Waals surface area contributed by atoms with Crippen molar-refractivity contribution in [2.75, 3.05) is 24.6 Å². The van der Waals surface area contributed by atoms with Crippen LogP contribution in [0.4, 0.5) is 5.82 Å². The van der Waals surface area contributed by atoms with Gasteiger partial charge in [-0.05, 0) is 49.4 Å². The monoisotopic (exact) mass is 323 g/mol. The first-order chi connectivity index (χ1) is 10.7. The van der Waals surface area contributed by atoms with E-state index in [2.05, 4.69) is 20.2 Å². The Balaban J connectivity index is 1.62. The summed E-state index contributed by atoms with van der Waals surface area (Å²) in [7, 11) is 0. The number of carbonyl (C=O) groups is 1. The number of carbonyl (C=O) groups excluding carboxylic acids is 1. The van der Waals surface area contributed by atoms with Crippen LogP contribution in [0.15, 0.2) is 12.1 Å². The molecule has 0 bridgehead atoms. The van der Waals surface area contributed by atoms with Crippen LogP contribution in [0.1, 0.15) is 26.2 Å². The maximum Gasteiger partial charge on any atom is 0.306 e. The Bertz CT molecular complexity index is 666. The quantitative estimate of drug-likeness (QED) is 0.801. The summed E-state index contributed by atoms with van der Waals surface area (Å²) in [5.74, 6) is 1.14. The highest BCUT2D eigenvalue weighted by Crippen LogP contribution is 2.24. The molecule has 0 saturated carbocycles. The van der Waals surface area contributed by atoms with Crippen LogP contribution in [-0.4, -0.2) is 45.5 Å². The molecule has 0 aliphatic carbocycles. The van der Waals surface area contributed by atoms with E-state index in [0.29, 0.717) is 24.6 Å². The van der Waals surface area contributed by atoms with Gasteiger partial charge in [0.2, 0.25) is 5.28 Å². The highest BCUT2D eigenvalue weighted by molar-refractivity contribution is 6.28. The zero-order valence-electron chi connectivity index (χ0n) is 12.4. The van der Waals surface area contributed by atoms with Crippen molar-refractivity contribution in [2.45, 2.75) is 26.2 Å². The number of anilines is 1. The van der Waals surface area contributed by atoms with E-state index in [-0.39, 0.29) is 11.3 Å². The Morgan fingerprint density at radius 1 is 1.36 bits per heavy atom. The summed E-state index contributed by atoms with van der Waals surface area (Å²) < 4.78 is 6.54. The molecule has 0 atom stereocenters. The number of esters is 1. The van der Waals surface area contributed by atoms with Crippen molar-refractivity contribution >= 4 is 29.0 Å². The van der Waals surface area contributed by atoms with Crippen molar-refractivity contribution in [3.63, 3.8) is 0 Å². The Morgan fingerprint density at radius 3 is 2.86 bits per heavy atom. The number of ether oxygens (including phenoxy) is 1. The van der Waals surface area contributed by atoms with Gasteiger partial charge in [-0.25, -0.2) is 0 Å². The van der Waals surface area contributed by atoms with Crippen molar-refractivity contribution < 1.29 is 9.53 Å². The van der Waals surface area contributed by atoms with Gasteiger partial charge in [-0.1, -0.05) is 0 Å². The molecular weight excluding hydrogens is 306 g/mol. The maximum atomic E-state index is 11.5. The Hall–Kier alpha value is -1.89. The molecule has 1 saturated heterocycles. The van der Waals surface area contributed by atoms with Crippen LogP contribution in [0.2, 0.25) is 5.28 Å². The van der Waals surface area contributed by atoms with Gasteiger partial charge in [0.1, 0.15) is 5.82 Å². The Morgan fingerprint density at radius 2 is 2.14 bits per heavy atom. The fourth-order valence-electron chi connectivity index (χ4n) is 2.74. The molecule has 0 amide bonds. The van der Waals surface area contributed by atoms with Crippen molar-refractivity contribution in [1.82, 2.24) is 19.8 Å². The molecule has 0 aromatic carbocycles. The molecule has 22 heavy (non-hydrogen) atoms. The van der Waals surface area contributed by atoms with Gasteiger partial charge in [0, 0.05) is 19.5 Å². The minimum atomic E-state index is -0.100. The highest BCUT2D eigenvalue weighted by Gasteiger charge is 2.23. The van der Waals surface area contributed by atoms with Crippen LogP contribution >= 0.6 is 11.6 Å². The third-order valence-corrected chi connectivity index (χ3v) is 4.15. The zero-order chi connectivity index (χ0) is 15.5. The second kappa shape index (κ2) is 6.48. The second-order valence-corrected chi connectivity index (χ2v) is 5.71. The molecule has 2 aromatic rings. The smallest absolute Gasteiger partial charge is 0.306 e. The normalized spacial score (nSPS) is 16.2. The number of fused-ring (bicyclic) bond motifs is 1. The second-order valence-electron chi connectivity index (χ2n) is 5.37. The lowest BCUT2D eigenvalue weighted by molar-refractivity contribution is -0.144. The Labute approximate surface area is 133 Å². The minimum Gasteiger partial charge on any atom is -0.466 e. The molecular formula is C14H18ClN5O2. The van der Waals surface area contributed by atoms with E-state index in [9.17, 15) is 4.79 Å². The van der Waals surface area contributed by atoms with E-state index in [1.54, 1.807) is 0 Å². The number of hydrogen-bond donors (Lipinski definition) is 0. The molecule has 118 valence electrons. The van der Waals surface area contributed by atoms with Crippen LogP contribution in [0.5, 0.6) is 0 Å². The lowest BCUT2D eigenvalue weighted by Crippen LogP contribution is -2.35. The summed E-state index contributed by atoms with van der Waals surface area (Å²) in [4.78, 5) is 13.7. The first-order valence-electron chi connectivity index (χ1n) is 7.46. The molecule has 8 heteroatoms. The molecule has 0 spiro atoms. The summed E-state index contributed by atoms with van der Waals surface area (Å²) in [6, 6.07) is 3.78. The molecule has 7 nitrogen and oxygen atoms in total. The van der Waals surface area contributed by atoms with Gasteiger partial charge < -0.3 is 9.64 Å². The molecule has 0 N–H and O–H groups in total. The number of nitrogens with zero attached hydrogens (tertiary/aromatic N) is 5. The molecule has 1 aliphatic heterocycles. The van der Waals surface area contributed by atoms with Crippen molar-refractivity contribution in [1.29, 1.82) is 0 Å². The van der Waals surface area contributed by atoms with E-state index in [1.807, 2.05) is 19.1 Å². The molecule has 1 fully saturated rings. The average Bonchev–Trinajstić information content (AvgIpc) is 2.89. The fourth-order valence-corrected chi connectivity index (χ4v) is 2.91. The first kappa shape index (κ1) is 15.0. The average molecular weight is 324 g/mol. The molecule has 0 unspecified atom stereocenters. The van der Waals surface area contributed by atoms with Gasteiger partial charge in [0.05, 0.1) is 6.61 Å². The number of halogens is 1. The van der Waals surface area contributed by atoms with Gasteiger partial charge in [-0.15, -0.1) is 15.3 Å². The zero-order valence-corrected chi connectivity index (χ0v) is 13.2. The molecule has 3 heterocycles. The third-order valence-electron chi connectivity index (χ3n) is 3.91. The van der Waals surface area contributed by atoms with Gasteiger partial charge in [0.25, 0.3) is 0 Å². The summed E-state index contributed by atoms with van der Waals surface area (Å²) >= 11 is 5.95. The van der Waals surface area contributed by atoms with E-state index < -0.39 is 0 Å². The van der Waals surface area contributed by atoms with Gasteiger partial charge in [0.15, 0.2) is 5.65 Å². The molecule has 3 rings (SSSR count).